The summed E-state index contributed by atoms with van der Waals surface area (Å²) in [6, 6.07) is 7.94. The van der Waals surface area contributed by atoms with E-state index in [1.807, 2.05) is 31.2 Å². The molecule has 2 unspecified atom stereocenters. The van der Waals surface area contributed by atoms with Crippen LogP contribution in [0.2, 0.25) is 0 Å². The van der Waals surface area contributed by atoms with Crippen molar-refractivity contribution in [1.29, 1.82) is 0 Å². The van der Waals surface area contributed by atoms with Crippen LogP contribution >= 0.6 is 0 Å². The summed E-state index contributed by atoms with van der Waals surface area (Å²) >= 11 is 0. The monoisotopic (exact) mass is 249 g/mol. The Hall–Kier alpha value is -1.55. The molecule has 0 spiro atoms. The molecule has 0 saturated heterocycles. The smallest absolute Gasteiger partial charge is 0.312 e. The molecule has 1 aliphatic heterocycles. The van der Waals surface area contributed by atoms with Crippen molar-refractivity contribution in [1.82, 2.24) is 0 Å². The summed E-state index contributed by atoms with van der Waals surface area (Å²) in [7, 11) is 1.39. The maximum Gasteiger partial charge on any atom is 0.312 e. The molecule has 0 aromatic heterocycles. The number of nitrogens with two attached hydrogens (primary N) is 1. The fraction of sp³-hybridized carbons (Fsp3) is 0.500. The Morgan fingerprint density at radius 2 is 2.28 bits per heavy atom. The predicted molar refractivity (Wildman–Crippen MR) is 68.4 cm³/mol. The van der Waals surface area contributed by atoms with Gasteiger partial charge in [0.15, 0.2) is 0 Å². The minimum Gasteiger partial charge on any atom is -0.490 e. The van der Waals surface area contributed by atoms with Crippen molar-refractivity contribution in [2.24, 2.45) is 11.1 Å². The van der Waals surface area contributed by atoms with E-state index < -0.39 is 5.41 Å². The molecule has 18 heavy (non-hydrogen) atoms. The number of carbonyl (C=O) groups excluding carboxylic acids is 1. The van der Waals surface area contributed by atoms with Gasteiger partial charge < -0.3 is 15.2 Å². The van der Waals surface area contributed by atoms with E-state index in [0.29, 0.717) is 6.42 Å². The Kier molecular flexibility index (Phi) is 3.57. The second-order valence-corrected chi connectivity index (χ2v) is 5.01. The van der Waals surface area contributed by atoms with Gasteiger partial charge in [0.25, 0.3) is 0 Å². The van der Waals surface area contributed by atoms with Crippen LogP contribution in [0.4, 0.5) is 0 Å². The predicted octanol–water partition coefficient (Wildman–Crippen LogP) is 1.52. The van der Waals surface area contributed by atoms with Gasteiger partial charge in [0.05, 0.1) is 12.5 Å². The average Bonchev–Trinajstić information content (AvgIpc) is 2.79. The molecular formula is C14H19NO3. The third-order valence-corrected chi connectivity index (χ3v) is 3.52. The van der Waals surface area contributed by atoms with Crippen molar-refractivity contribution < 1.29 is 14.3 Å². The first-order valence-electron chi connectivity index (χ1n) is 6.12. The number of hydrogen-bond donors (Lipinski definition) is 1. The largest absolute Gasteiger partial charge is 0.490 e. The molecular weight excluding hydrogens is 230 g/mol. The van der Waals surface area contributed by atoms with Crippen molar-refractivity contribution in [3.05, 3.63) is 29.8 Å². The summed E-state index contributed by atoms with van der Waals surface area (Å²) in [5.74, 6) is 0.635. The molecule has 1 aromatic carbocycles. The standard InChI is InChI=1S/C14H19NO3/c1-14(9-15,13(16)17-2)8-11-7-10-5-3-4-6-12(10)18-11/h3-6,11H,7-9,15H2,1-2H3. The summed E-state index contributed by atoms with van der Waals surface area (Å²) in [6.07, 6.45) is 1.39. The van der Waals surface area contributed by atoms with E-state index in [1.54, 1.807) is 0 Å². The van der Waals surface area contributed by atoms with Gasteiger partial charge in [-0.3, -0.25) is 4.79 Å². The molecule has 2 N–H and O–H groups in total. The quantitative estimate of drug-likeness (QED) is 0.822. The van der Waals surface area contributed by atoms with E-state index >= 15 is 0 Å². The number of esters is 1. The van der Waals surface area contributed by atoms with Crippen LogP contribution in [0.1, 0.15) is 18.9 Å². The minimum atomic E-state index is -0.679. The Morgan fingerprint density at radius 3 is 2.89 bits per heavy atom. The lowest BCUT2D eigenvalue weighted by molar-refractivity contribution is -0.152. The van der Waals surface area contributed by atoms with Crippen molar-refractivity contribution in [2.75, 3.05) is 13.7 Å². The van der Waals surface area contributed by atoms with Gasteiger partial charge >= 0.3 is 5.97 Å². The van der Waals surface area contributed by atoms with Crippen molar-refractivity contribution in [2.45, 2.75) is 25.9 Å². The highest BCUT2D eigenvalue weighted by Crippen LogP contribution is 2.34. The van der Waals surface area contributed by atoms with E-state index in [4.69, 9.17) is 15.2 Å². The van der Waals surface area contributed by atoms with E-state index in [2.05, 4.69) is 0 Å². The van der Waals surface area contributed by atoms with Crippen LogP contribution in [0, 0.1) is 5.41 Å². The molecule has 1 aromatic rings. The van der Waals surface area contributed by atoms with E-state index in [1.165, 1.54) is 12.7 Å². The summed E-state index contributed by atoms with van der Waals surface area (Å²) in [4.78, 5) is 11.8. The van der Waals surface area contributed by atoms with Crippen LogP contribution in [-0.2, 0) is 16.0 Å². The number of benzene rings is 1. The second kappa shape index (κ2) is 4.98. The molecule has 4 nitrogen and oxygen atoms in total. The average molecular weight is 249 g/mol. The number of methoxy groups -OCH3 is 1. The van der Waals surface area contributed by atoms with Crippen molar-refractivity contribution >= 4 is 5.97 Å². The molecule has 2 atom stereocenters. The molecule has 0 aliphatic carbocycles. The van der Waals surface area contributed by atoms with Gasteiger partial charge in [-0.05, 0) is 18.6 Å². The molecule has 0 amide bonds. The lowest BCUT2D eigenvalue weighted by Gasteiger charge is -2.27. The highest BCUT2D eigenvalue weighted by atomic mass is 16.5. The molecule has 2 rings (SSSR count). The van der Waals surface area contributed by atoms with Crippen molar-refractivity contribution in [3.8, 4) is 5.75 Å². The first kappa shape index (κ1) is 12.9. The van der Waals surface area contributed by atoms with Gasteiger partial charge in [0.1, 0.15) is 11.9 Å². The van der Waals surface area contributed by atoms with Gasteiger partial charge in [0.2, 0.25) is 0 Å². The normalized spacial score (nSPS) is 20.7. The molecule has 0 fully saturated rings. The fourth-order valence-electron chi connectivity index (χ4n) is 2.37. The molecule has 1 aliphatic rings. The van der Waals surface area contributed by atoms with Gasteiger partial charge in [0, 0.05) is 19.4 Å². The summed E-state index contributed by atoms with van der Waals surface area (Å²) < 4.78 is 10.7. The molecule has 0 saturated carbocycles. The molecule has 0 bridgehead atoms. The van der Waals surface area contributed by atoms with Crippen LogP contribution in [-0.4, -0.2) is 25.7 Å². The third kappa shape index (κ3) is 2.34. The summed E-state index contributed by atoms with van der Waals surface area (Å²) in [5, 5.41) is 0. The van der Waals surface area contributed by atoms with Gasteiger partial charge in [-0.1, -0.05) is 18.2 Å². The van der Waals surface area contributed by atoms with Gasteiger partial charge in [-0.15, -0.1) is 0 Å². The topological polar surface area (TPSA) is 61.5 Å². The van der Waals surface area contributed by atoms with E-state index in [9.17, 15) is 4.79 Å². The van der Waals surface area contributed by atoms with Crippen LogP contribution < -0.4 is 10.5 Å². The van der Waals surface area contributed by atoms with Gasteiger partial charge in [-0.25, -0.2) is 0 Å². The molecule has 1 heterocycles. The number of hydrogen-bond acceptors (Lipinski definition) is 4. The Labute approximate surface area is 107 Å². The highest BCUT2D eigenvalue weighted by Gasteiger charge is 2.38. The highest BCUT2D eigenvalue weighted by molar-refractivity contribution is 5.76. The number of carbonyl (C=O) groups is 1. The lowest BCUT2D eigenvalue weighted by atomic mass is 9.83. The molecule has 98 valence electrons. The Bertz CT molecular complexity index is 421. The van der Waals surface area contributed by atoms with E-state index in [-0.39, 0.29) is 18.6 Å². The zero-order valence-corrected chi connectivity index (χ0v) is 10.8. The number of rotatable bonds is 4. The molecule has 0 radical (unpaired) electrons. The maximum absolute atomic E-state index is 11.8. The van der Waals surface area contributed by atoms with Crippen molar-refractivity contribution in [3.63, 3.8) is 0 Å². The summed E-state index contributed by atoms with van der Waals surface area (Å²) in [5.41, 5.74) is 6.22. The number of fused-ring (bicyclic) bond motifs is 1. The number of ether oxygens (including phenoxy) is 2. The first-order chi connectivity index (χ1) is 8.59. The van der Waals surface area contributed by atoms with Crippen LogP contribution in [0.25, 0.3) is 0 Å². The zero-order chi connectivity index (χ0) is 13.2. The van der Waals surface area contributed by atoms with Crippen LogP contribution in [0.15, 0.2) is 24.3 Å². The minimum absolute atomic E-state index is 0.00458. The zero-order valence-electron chi connectivity index (χ0n) is 10.8. The van der Waals surface area contributed by atoms with Crippen LogP contribution in [0.5, 0.6) is 5.75 Å². The second-order valence-electron chi connectivity index (χ2n) is 5.01. The Balaban J connectivity index is 2.06. The maximum atomic E-state index is 11.8. The Morgan fingerprint density at radius 1 is 1.56 bits per heavy atom. The van der Waals surface area contributed by atoms with E-state index in [0.717, 1.165) is 12.2 Å². The SMILES string of the molecule is COC(=O)C(C)(CN)CC1Cc2ccccc2O1. The molecule has 4 heteroatoms. The first-order valence-corrected chi connectivity index (χ1v) is 6.12. The number of para-hydroxylation sites is 1. The van der Waals surface area contributed by atoms with Gasteiger partial charge in [-0.2, -0.15) is 0 Å². The fourth-order valence-corrected chi connectivity index (χ4v) is 2.37. The lowest BCUT2D eigenvalue weighted by Crippen LogP contribution is -2.40. The van der Waals surface area contributed by atoms with Crippen LogP contribution in [0.3, 0.4) is 0 Å². The third-order valence-electron chi connectivity index (χ3n) is 3.52. The summed E-state index contributed by atoms with van der Waals surface area (Å²) in [6.45, 7) is 2.08.